The number of ether oxygens (including phenoxy) is 2. The molecule has 3 aromatic carbocycles. The van der Waals surface area contributed by atoms with Gasteiger partial charge in [0.15, 0.2) is 0 Å². The topological polar surface area (TPSA) is 122 Å². The molecule has 39 heavy (non-hydrogen) atoms. The molecule has 0 saturated heterocycles. The highest BCUT2D eigenvalue weighted by Gasteiger charge is 2.18. The van der Waals surface area contributed by atoms with Gasteiger partial charge in [0.2, 0.25) is 5.91 Å². The summed E-state index contributed by atoms with van der Waals surface area (Å²) in [5.41, 5.74) is 1.37. The maximum atomic E-state index is 13.1. The normalized spacial score (nSPS) is 11.4. The molecule has 3 N–H and O–H groups in total. The lowest BCUT2D eigenvalue weighted by molar-refractivity contribution is -0.137. The lowest BCUT2D eigenvalue weighted by atomic mass is 10.00. The second-order valence-electron chi connectivity index (χ2n) is 8.86. The maximum absolute atomic E-state index is 13.1. The number of carbonyl (C=O) groups excluding carboxylic acids is 1. The third kappa shape index (κ3) is 10.0. The zero-order chi connectivity index (χ0) is 28.0. The number of rotatable bonds is 16. The summed E-state index contributed by atoms with van der Waals surface area (Å²) in [6, 6.07) is 21.6. The van der Waals surface area contributed by atoms with Crippen LogP contribution in [0.5, 0.6) is 11.5 Å². The molecule has 1 amide bonds. The first-order chi connectivity index (χ1) is 18.8. The number of benzene rings is 3. The second kappa shape index (κ2) is 15.4. The van der Waals surface area contributed by atoms with Gasteiger partial charge in [-0.1, -0.05) is 30.3 Å². The Bertz CT molecular complexity index is 1250. The molecule has 3 rings (SSSR count). The van der Waals surface area contributed by atoms with Crippen molar-refractivity contribution >= 4 is 35.3 Å². The zero-order valence-corrected chi connectivity index (χ0v) is 22.6. The fourth-order valence-electron chi connectivity index (χ4n) is 3.65. The smallest absolute Gasteiger partial charge is 0.335 e. The summed E-state index contributed by atoms with van der Waals surface area (Å²) in [4.78, 5) is 35.9. The molecule has 0 aliphatic heterocycles. The van der Waals surface area contributed by atoms with E-state index in [2.05, 4.69) is 5.32 Å². The highest BCUT2D eigenvalue weighted by Crippen LogP contribution is 2.31. The van der Waals surface area contributed by atoms with Crippen LogP contribution in [0.15, 0.2) is 77.7 Å². The second-order valence-corrected chi connectivity index (χ2v) is 10.00. The van der Waals surface area contributed by atoms with Crippen molar-refractivity contribution < 1.29 is 34.1 Å². The molecule has 0 heterocycles. The summed E-state index contributed by atoms with van der Waals surface area (Å²) in [5.74, 6) is -0.699. The number of carbonyl (C=O) groups is 3. The van der Waals surface area contributed by atoms with Gasteiger partial charge in [0.05, 0.1) is 30.4 Å². The quantitative estimate of drug-likeness (QED) is 0.140. The summed E-state index contributed by atoms with van der Waals surface area (Å²) in [6.45, 7) is 2.93. The zero-order valence-electron chi connectivity index (χ0n) is 21.8. The number of hydrogen-bond acceptors (Lipinski definition) is 6. The predicted octanol–water partition coefficient (Wildman–Crippen LogP) is 6.32. The van der Waals surface area contributed by atoms with Gasteiger partial charge >= 0.3 is 11.9 Å². The van der Waals surface area contributed by atoms with Gasteiger partial charge < -0.3 is 25.0 Å². The Hall–Kier alpha value is -3.98. The molecule has 0 bridgehead atoms. The van der Waals surface area contributed by atoms with Gasteiger partial charge in [-0.25, -0.2) is 4.79 Å². The molecule has 0 radical (unpaired) electrons. The van der Waals surface area contributed by atoms with Crippen molar-refractivity contribution in [2.45, 2.75) is 43.4 Å². The number of aromatic carboxylic acids is 1. The van der Waals surface area contributed by atoms with Crippen LogP contribution in [-0.4, -0.2) is 47.0 Å². The van der Waals surface area contributed by atoms with E-state index in [0.29, 0.717) is 41.7 Å². The van der Waals surface area contributed by atoms with Crippen LogP contribution in [0.25, 0.3) is 0 Å². The Morgan fingerprint density at radius 3 is 2.23 bits per heavy atom. The number of amides is 1. The summed E-state index contributed by atoms with van der Waals surface area (Å²) >= 11 is 1.32. The largest absolute Gasteiger partial charge is 0.494 e. The predicted molar refractivity (Wildman–Crippen MR) is 151 cm³/mol. The van der Waals surface area contributed by atoms with Gasteiger partial charge in [-0.3, -0.25) is 9.59 Å². The molecule has 0 saturated carbocycles. The molecule has 1 unspecified atom stereocenters. The summed E-state index contributed by atoms with van der Waals surface area (Å²) in [7, 11) is 0. The molecule has 0 spiro atoms. The van der Waals surface area contributed by atoms with Crippen LogP contribution in [0, 0.1) is 0 Å². The van der Waals surface area contributed by atoms with Crippen molar-refractivity contribution in [1.29, 1.82) is 0 Å². The number of carboxylic acid groups (broad SMARTS) is 2. The monoisotopic (exact) mass is 551 g/mol. The first-order valence-electron chi connectivity index (χ1n) is 12.8. The van der Waals surface area contributed by atoms with Crippen molar-refractivity contribution in [3.05, 3.63) is 83.9 Å². The van der Waals surface area contributed by atoms with Gasteiger partial charge in [-0.05, 0) is 80.0 Å². The number of carboxylic acids is 2. The number of hydrogen-bond donors (Lipinski definition) is 3. The molecule has 0 aromatic heterocycles. The molecule has 0 fully saturated rings. The molecule has 0 aliphatic rings. The molecule has 1 atom stereocenters. The van der Waals surface area contributed by atoms with Crippen molar-refractivity contribution in [3.8, 4) is 11.5 Å². The first-order valence-corrected chi connectivity index (χ1v) is 13.8. The van der Waals surface area contributed by atoms with E-state index in [4.69, 9.17) is 14.6 Å². The Kier molecular flexibility index (Phi) is 11.7. The average molecular weight is 552 g/mol. The van der Waals surface area contributed by atoms with Crippen LogP contribution in [-0.2, 0) is 9.59 Å². The Morgan fingerprint density at radius 2 is 1.54 bits per heavy atom. The van der Waals surface area contributed by atoms with Crippen molar-refractivity contribution in [1.82, 2.24) is 0 Å². The van der Waals surface area contributed by atoms with E-state index < -0.39 is 17.9 Å². The minimum Gasteiger partial charge on any atom is -0.494 e. The molecule has 8 nitrogen and oxygen atoms in total. The van der Waals surface area contributed by atoms with Crippen LogP contribution in [0.4, 0.5) is 5.69 Å². The summed E-state index contributed by atoms with van der Waals surface area (Å²) in [6.07, 6.45) is 2.12. The Balaban J connectivity index is 1.53. The molecular weight excluding hydrogens is 518 g/mol. The minimum absolute atomic E-state index is 0.0181. The molecule has 206 valence electrons. The van der Waals surface area contributed by atoms with E-state index in [1.165, 1.54) is 23.9 Å². The van der Waals surface area contributed by atoms with Crippen LogP contribution >= 0.6 is 11.8 Å². The van der Waals surface area contributed by atoms with E-state index in [-0.39, 0.29) is 17.9 Å². The summed E-state index contributed by atoms with van der Waals surface area (Å²) in [5, 5.41) is 21.1. The van der Waals surface area contributed by atoms with E-state index in [1.54, 1.807) is 13.0 Å². The van der Waals surface area contributed by atoms with E-state index in [9.17, 15) is 19.5 Å². The Morgan fingerprint density at radius 1 is 0.846 bits per heavy atom. The van der Waals surface area contributed by atoms with Gasteiger partial charge in [0.1, 0.15) is 11.5 Å². The third-order valence-electron chi connectivity index (χ3n) is 5.85. The summed E-state index contributed by atoms with van der Waals surface area (Å²) < 4.78 is 11.6. The van der Waals surface area contributed by atoms with Crippen LogP contribution in [0.3, 0.4) is 0 Å². The van der Waals surface area contributed by atoms with Crippen LogP contribution in [0.2, 0.25) is 0 Å². The fourth-order valence-corrected chi connectivity index (χ4v) is 4.64. The average Bonchev–Trinajstić information content (AvgIpc) is 2.93. The number of thioether (sulfide) groups is 1. The van der Waals surface area contributed by atoms with Gasteiger partial charge in [0, 0.05) is 11.3 Å². The molecule has 9 heteroatoms. The van der Waals surface area contributed by atoms with Gasteiger partial charge in [0.25, 0.3) is 0 Å². The maximum Gasteiger partial charge on any atom is 0.335 e. The van der Waals surface area contributed by atoms with Crippen molar-refractivity contribution in [3.63, 3.8) is 0 Å². The lowest BCUT2D eigenvalue weighted by Crippen LogP contribution is -2.19. The third-order valence-corrected chi connectivity index (χ3v) is 6.99. The van der Waals surface area contributed by atoms with E-state index in [1.807, 2.05) is 54.6 Å². The van der Waals surface area contributed by atoms with E-state index >= 15 is 0 Å². The number of unbranched alkanes of at least 4 members (excludes halogenated alkanes) is 1. The number of anilines is 1. The van der Waals surface area contributed by atoms with Crippen molar-refractivity contribution in [2.24, 2.45) is 0 Å². The molecular formula is C30H33NO7S. The SMILES string of the molecule is CC(C(=O)Nc1ccc(C(=O)O)cc1SCCCC(=O)O)c1cccc(OCCCCOc2ccccc2)c1. The number of nitrogens with one attached hydrogen (secondary N) is 1. The van der Waals surface area contributed by atoms with Crippen LogP contribution in [0.1, 0.15) is 54.4 Å². The highest BCUT2D eigenvalue weighted by molar-refractivity contribution is 7.99. The van der Waals surface area contributed by atoms with Gasteiger partial charge in [-0.15, -0.1) is 11.8 Å². The highest BCUT2D eigenvalue weighted by atomic mass is 32.2. The lowest BCUT2D eigenvalue weighted by Gasteiger charge is -2.16. The Labute approximate surface area is 232 Å². The standard InChI is InChI=1S/C30H33NO7S/c1-21(22-9-7-12-25(19-22)38-17-6-5-16-37-24-10-3-2-4-11-24)29(34)31-26-15-14-23(30(35)36)20-27(26)39-18-8-13-28(32)33/h2-4,7,9-12,14-15,19-21H,5-6,8,13,16-18H2,1H3,(H,31,34)(H,32,33)(H,35,36). The number of para-hydroxylation sites is 1. The first kappa shape index (κ1) is 29.6. The van der Waals surface area contributed by atoms with Gasteiger partial charge in [-0.2, -0.15) is 0 Å². The van der Waals surface area contributed by atoms with Crippen LogP contribution < -0.4 is 14.8 Å². The molecule has 0 aliphatic carbocycles. The fraction of sp³-hybridized carbons (Fsp3) is 0.300. The number of aliphatic carboxylic acids is 1. The minimum atomic E-state index is -1.07. The van der Waals surface area contributed by atoms with E-state index in [0.717, 1.165) is 24.2 Å². The molecule has 3 aromatic rings. The van der Waals surface area contributed by atoms with Crippen molar-refractivity contribution in [2.75, 3.05) is 24.3 Å².